The van der Waals surface area contributed by atoms with Crippen molar-refractivity contribution in [3.05, 3.63) is 70.2 Å². The summed E-state index contributed by atoms with van der Waals surface area (Å²) in [7, 11) is 1.84. The summed E-state index contributed by atoms with van der Waals surface area (Å²) < 4.78 is 7.55. The fourth-order valence-electron chi connectivity index (χ4n) is 3.24. The highest BCUT2D eigenvalue weighted by molar-refractivity contribution is 7.14. The van der Waals surface area contributed by atoms with Gasteiger partial charge in [-0.2, -0.15) is 5.10 Å². The molecule has 134 valence electrons. The smallest absolute Gasteiger partial charge is 0.263 e. The third-order valence-corrected chi connectivity index (χ3v) is 5.75. The van der Waals surface area contributed by atoms with Crippen molar-refractivity contribution in [2.24, 2.45) is 0 Å². The molecule has 26 heavy (non-hydrogen) atoms. The van der Waals surface area contributed by atoms with Crippen LogP contribution >= 0.6 is 11.3 Å². The number of rotatable bonds is 5. The summed E-state index contributed by atoms with van der Waals surface area (Å²) in [5.41, 5.74) is 2.05. The standard InChI is InChI=1S/C20H21N3O2S/c1-22(14-15-6-2-3-7-16(15)23-12-5-11-21-23)20(24)19-10-9-18(26-19)17-8-4-13-25-17/h2-3,5-7,9-12,17H,4,8,13-14H2,1H3/t17-/m1/s1. The molecule has 1 saturated heterocycles. The Balaban J connectivity index is 1.50. The van der Waals surface area contributed by atoms with Crippen LogP contribution in [-0.4, -0.2) is 34.2 Å². The maximum atomic E-state index is 12.8. The van der Waals surface area contributed by atoms with Crippen LogP contribution in [0.2, 0.25) is 0 Å². The van der Waals surface area contributed by atoms with Gasteiger partial charge in [-0.05, 0) is 42.7 Å². The summed E-state index contributed by atoms with van der Waals surface area (Å²) in [6.45, 7) is 1.35. The van der Waals surface area contributed by atoms with Crippen molar-refractivity contribution in [2.45, 2.75) is 25.5 Å². The van der Waals surface area contributed by atoms with E-state index in [9.17, 15) is 4.79 Å². The van der Waals surface area contributed by atoms with Crippen molar-refractivity contribution >= 4 is 17.2 Å². The average Bonchev–Trinajstić information content (AvgIpc) is 3.43. The number of para-hydroxylation sites is 1. The molecule has 1 amide bonds. The molecule has 1 aromatic carbocycles. The lowest BCUT2D eigenvalue weighted by atomic mass is 10.1. The lowest BCUT2D eigenvalue weighted by molar-refractivity contribution is 0.0790. The normalized spacial score (nSPS) is 16.7. The minimum absolute atomic E-state index is 0.0366. The highest BCUT2D eigenvalue weighted by atomic mass is 32.1. The fourth-order valence-corrected chi connectivity index (χ4v) is 4.32. The Morgan fingerprint density at radius 1 is 1.31 bits per heavy atom. The van der Waals surface area contributed by atoms with Crippen LogP contribution in [0, 0.1) is 0 Å². The van der Waals surface area contributed by atoms with Gasteiger partial charge >= 0.3 is 0 Å². The Hall–Kier alpha value is -2.44. The minimum atomic E-state index is 0.0366. The zero-order valence-electron chi connectivity index (χ0n) is 14.7. The molecule has 0 saturated carbocycles. The lowest BCUT2D eigenvalue weighted by Crippen LogP contribution is -2.26. The van der Waals surface area contributed by atoms with Crippen LogP contribution < -0.4 is 0 Å². The molecule has 0 unspecified atom stereocenters. The van der Waals surface area contributed by atoms with Crippen molar-refractivity contribution < 1.29 is 9.53 Å². The molecular formula is C20H21N3O2S. The molecule has 3 heterocycles. The van der Waals surface area contributed by atoms with Gasteiger partial charge in [-0.15, -0.1) is 11.3 Å². The van der Waals surface area contributed by atoms with Crippen molar-refractivity contribution in [3.8, 4) is 5.69 Å². The number of hydrogen-bond donors (Lipinski definition) is 0. The quantitative estimate of drug-likeness (QED) is 0.683. The van der Waals surface area contributed by atoms with Gasteiger partial charge in [0.2, 0.25) is 0 Å². The molecule has 3 aromatic rings. The summed E-state index contributed by atoms with van der Waals surface area (Å²) in [5.74, 6) is 0.0366. The third-order valence-electron chi connectivity index (χ3n) is 4.58. The van der Waals surface area contributed by atoms with Crippen LogP contribution in [0.4, 0.5) is 0 Å². The topological polar surface area (TPSA) is 47.4 Å². The van der Waals surface area contributed by atoms with Crippen LogP contribution in [-0.2, 0) is 11.3 Å². The van der Waals surface area contributed by atoms with Gasteiger partial charge in [-0.25, -0.2) is 4.68 Å². The number of hydrogen-bond acceptors (Lipinski definition) is 4. The van der Waals surface area contributed by atoms with Crippen molar-refractivity contribution in [2.75, 3.05) is 13.7 Å². The predicted molar refractivity (Wildman–Crippen MR) is 102 cm³/mol. The van der Waals surface area contributed by atoms with E-state index in [1.807, 2.05) is 60.4 Å². The van der Waals surface area contributed by atoms with Crippen molar-refractivity contribution in [1.29, 1.82) is 0 Å². The van der Waals surface area contributed by atoms with E-state index in [0.717, 1.165) is 40.5 Å². The third kappa shape index (κ3) is 3.43. The Morgan fingerprint density at radius 2 is 2.19 bits per heavy atom. The number of benzene rings is 1. The largest absolute Gasteiger partial charge is 0.373 e. The van der Waals surface area contributed by atoms with E-state index in [0.29, 0.717) is 6.54 Å². The highest BCUT2D eigenvalue weighted by Gasteiger charge is 2.22. The molecule has 0 radical (unpaired) electrons. The zero-order valence-corrected chi connectivity index (χ0v) is 15.5. The molecule has 1 fully saturated rings. The molecule has 0 aliphatic carbocycles. The van der Waals surface area contributed by atoms with E-state index in [1.54, 1.807) is 22.4 Å². The second-order valence-corrected chi connectivity index (χ2v) is 7.56. The summed E-state index contributed by atoms with van der Waals surface area (Å²) in [6.07, 6.45) is 5.96. The second-order valence-electron chi connectivity index (χ2n) is 6.44. The van der Waals surface area contributed by atoms with Crippen LogP contribution in [0.15, 0.2) is 54.9 Å². The Bertz CT molecular complexity index is 882. The van der Waals surface area contributed by atoms with Gasteiger partial charge in [0.1, 0.15) is 0 Å². The number of ether oxygens (including phenoxy) is 1. The SMILES string of the molecule is CN(Cc1ccccc1-n1cccn1)C(=O)c1ccc([C@H]2CCCO2)s1. The van der Waals surface area contributed by atoms with Gasteiger partial charge in [-0.1, -0.05) is 18.2 Å². The van der Waals surface area contributed by atoms with Gasteiger partial charge in [0.15, 0.2) is 0 Å². The van der Waals surface area contributed by atoms with Gasteiger partial charge < -0.3 is 9.64 Å². The molecule has 1 aliphatic heterocycles. The van der Waals surface area contributed by atoms with Gasteiger partial charge in [0.05, 0.1) is 16.7 Å². The summed E-state index contributed by atoms with van der Waals surface area (Å²) in [6, 6.07) is 13.9. The molecule has 2 aromatic heterocycles. The predicted octanol–water partition coefficient (Wildman–Crippen LogP) is 4.06. The van der Waals surface area contributed by atoms with Crippen LogP contribution in [0.25, 0.3) is 5.69 Å². The number of carbonyl (C=O) groups excluding carboxylic acids is 1. The highest BCUT2D eigenvalue weighted by Crippen LogP contribution is 2.33. The number of carbonyl (C=O) groups is 1. The zero-order chi connectivity index (χ0) is 17.9. The molecule has 0 spiro atoms. The van der Waals surface area contributed by atoms with E-state index in [4.69, 9.17) is 4.74 Å². The average molecular weight is 367 g/mol. The van der Waals surface area contributed by atoms with Gasteiger partial charge in [0.25, 0.3) is 5.91 Å². The van der Waals surface area contributed by atoms with E-state index in [2.05, 4.69) is 5.10 Å². The Morgan fingerprint density at radius 3 is 2.96 bits per heavy atom. The second kappa shape index (κ2) is 7.43. The molecule has 4 rings (SSSR count). The van der Waals surface area contributed by atoms with Crippen LogP contribution in [0.1, 0.15) is 39.1 Å². The summed E-state index contributed by atoms with van der Waals surface area (Å²) in [4.78, 5) is 16.5. The van der Waals surface area contributed by atoms with E-state index in [-0.39, 0.29) is 12.0 Å². The molecule has 0 N–H and O–H groups in total. The number of nitrogens with zero attached hydrogens (tertiary/aromatic N) is 3. The summed E-state index contributed by atoms with van der Waals surface area (Å²) in [5, 5.41) is 4.31. The first-order valence-electron chi connectivity index (χ1n) is 8.77. The first-order chi connectivity index (χ1) is 12.7. The van der Waals surface area contributed by atoms with Crippen molar-refractivity contribution in [3.63, 3.8) is 0 Å². The first kappa shape index (κ1) is 17.0. The summed E-state index contributed by atoms with van der Waals surface area (Å²) >= 11 is 1.55. The van der Waals surface area contributed by atoms with Crippen molar-refractivity contribution in [1.82, 2.24) is 14.7 Å². The molecule has 0 bridgehead atoms. The maximum absolute atomic E-state index is 12.8. The lowest BCUT2D eigenvalue weighted by Gasteiger charge is -2.18. The van der Waals surface area contributed by atoms with Crippen LogP contribution in [0.3, 0.4) is 0 Å². The van der Waals surface area contributed by atoms with Gasteiger partial charge in [-0.3, -0.25) is 4.79 Å². The molecular weight excluding hydrogens is 346 g/mol. The molecule has 6 heteroatoms. The number of aromatic nitrogens is 2. The minimum Gasteiger partial charge on any atom is -0.373 e. The monoisotopic (exact) mass is 367 g/mol. The van der Waals surface area contributed by atoms with Crippen LogP contribution in [0.5, 0.6) is 0 Å². The molecule has 1 atom stereocenters. The first-order valence-corrected chi connectivity index (χ1v) is 9.59. The van der Waals surface area contributed by atoms with Gasteiger partial charge in [0, 0.05) is 37.5 Å². The van der Waals surface area contributed by atoms with E-state index in [1.165, 1.54) is 0 Å². The van der Waals surface area contributed by atoms with E-state index < -0.39 is 0 Å². The maximum Gasteiger partial charge on any atom is 0.263 e. The fraction of sp³-hybridized carbons (Fsp3) is 0.300. The molecule has 1 aliphatic rings. The number of thiophene rings is 1. The Kier molecular flexibility index (Phi) is 4.86. The van der Waals surface area contributed by atoms with E-state index >= 15 is 0 Å². The Labute approximate surface area is 156 Å². The number of amides is 1. The molecule has 5 nitrogen and oxygen atoms in total.